The van der Waals surface area contributed by atoms with Gasteiger partial charge >= 0.3 is 0 Å². The molecule has 0 aromatic heterocycles. The van der Waals surface area contributed by atoms with Gasteiger partial charge in [0.05, 0.1) is 6.10 Å². The van der Waals surface area contributed by atoms with Crippen molar-refractivity contribution < 1.29 is 4.74 Å². The molecule has 2 nitrogen and oxygen atoms in total. The van der Waals surface area contributed by atoms with Gasteiger partial charge in [0.1, 0.15) is 10.7 Å². The minimum Gasteiger partial charge on any atom is -0.490 e. The van der Waals surface area contributed by atoms with E-state index in [0.717, 1.165) is 28.9 Å². The van der Waals surface area contributed by atoms with Gasteiger partial charge in [0.2, 0.25) is 0 Å². The minimum absolute atomic E-state index is 0.230. The molecule has 1 atom stereocenters. The second kappa shape index (κ2) is 5.30. The van der Waals surface area contributed by atoms with Crippen molar-refractivity contribution in [2.45, 2.75) is 40.2 Å². The number of aryl methyl sites for hydroxylation is 2. The van der Waals surface area contributed by atoms with Crippen molar-refractivity contribution in [1.82, 2.24) is 0 Å². The third kappa shape index (κ3) is 2.95. The maximum absolute atomic E-state index is 5.88. The summed E-state index contributed by atoms with van der Waals surface area (Å²) in [5.41, 5.74) is 8.70. The first-order valence-electron chi connectivity index (χ1n) is 5.53. The third-order valence-electron chi connectivity index (χ3n) is 2.64. The molecular formula is C13H19NOS. The lowest BCUT2D eigenvalue weighted by molar-refractivity contribution is 0.214. The summed E-state index contributed by atoms with van der Waals surface area (Å²) >= 11 is 4.97. The fourth-order valence-corrected chi connectivity index (χ4v) is 1.68. The van der Waals surface area contributed by atoms with Crippen LogP contribution in [0.5, 0.6) is 5.75 Å². The minimum atomic E-state index is 0.230. The van der Waals surface area contributed by atoms with Gasteiger partial charge in [0.25, 0.3) is 0 Å². The summed E-state index contributed by atoms with van der Waals surface area (Å²) in [6.45, 7) is 8.22. The SMILES string of the molecule is CCC(C)Oc1c(C)cc(C(N)=S)cc1C. The highest BCUT2D eigenvalue weighted by Crippen LogP contribution is 2.26. The van der Waals surface area contributed by atoms with Crippen molar-refractivity contribution >= 4 is 17.2 Å². The second-order valence-corrected chi connectivity index (χ2v) is 4.58. The van der Waals surface area contributed by atoms with Crippen LogP contribution in [0, 0.1) is 13.8 Å². The van der Waals surface area contributed by atoms with Gasteiger partial charge < -0.3 is 10.5 Å². The summed E-state index contributed by atoms with van der Waals surface area (Å²) in [6, 6.07) is 3.96. The van der Waals surface area contributed by atoms with E-state index < -0.39 is 0 Å². The Labute approximate surface area is 103 Å². The molecule has 88 valence electrons. The molecule has 0 bridgehead atoms. The first-order chi connectivity index (χ1) is 7.45. The topological polar surface area (TPSA) is 35.2 Å². The van der Waals surface area contributed by atoms with E-state index in [9.17, 15) is 0 Å². The fourth-order valence-electron chi connectivity index (χ4n) is 1.56. The predicted octanol–water partition coefficient (Wildman–Crippen LogP) is 3.11. The molecular weight excluding hydrogens is 218 g/mol. The maximum atomic E-state index is 5.88. The first-order valence-corrected chi connectivity index (χ1v) is 5.94. The average molecular weight is 237 g/mol. The van der Waals surface area contributed by atoms with E-state index in [2.05, 4.69) is 13.8 Å². The Morgan fingerprint density at radius 1 is 1.38 bits per heavy atom. The maximum Gasteiger partial charge on any atom is 0.125 e. The Hall–Kier alpha value is -1.09. The standard InChI is InChI=1S/C13H19NOS/c1-5-10(4)15-12-8(2)6-11(13(14)16)7-9(12)3/h6-7,10H,5H2,1-4H3,(H2,14,16). The van der Waals surface area contributed by atoms with E-state index >= 15 is 0 Å². The van der Waals surface area contributed by atoms with Crippen LogP contribution in [-0.2, 0) is 0 Å². The van der Waals surface area contributed by atoms with Crippen molar-refractivity contribution in [2.75, 3.05) is 0 Å². The van der Waals surface area contributed by atoms with Crippen LogP contribution in [0.3, 0.4) is 0 Å². The number of rotatable bonds is 4. The first kappa shape index (κ1) is 13.0. The van der Waals surface area contributed by atoms with Gasteiger partial charge in [-0.3, -0.25) is 0 Å². The van der Waals surface area contributed by atoms with Crippen LogP contribution in [-0.4, -0.2) is 11.1 Å². The van der Waals surface area contributed by atoms with E-state index in [-0.39, 0.29) is 6.10 Å². The second-order valence-electron chi connectivity index (χ2n) is 4.14. The van der Waals surface area contributed by atoms with Gasteiger partial charge in [-0.2, -0.15) is 0 Å². The lowest BCUT2D eigenvalue weighted by Crippen LogP contribution is -2.14. The molecule has 0 radical (unpaired) electrons. The summed E-state index contributed by atoms with van der Waals surface area (Å²) in [5, 5.41) is 0. The van der Waals surface area contributed by atoms with Crippen molar-refractivity contribution in [3.63, 3.8) is 0 Å². The molecule has 0 heterocycles. The molecule has 1 unspecified atom stereocenters. The van der Waals surface area contributed by atoms with Crippen LogP contribution >= 0.6 is 12.2 Å². The third-order valence-corrected chi connectivity index (χ3v) is 2.87. The monoisotopic (exact) mass is 237 g/mol. The number of thiocarbonyl (C=S) groups is 1. The van der Waals surface area contributed by atoms with Gasteiger partial charge in [-0.25, -0.2) is 0 Å². The van der Waals surface area contributed by atoms with Crippen molar-refractivity contribution in [1.29, 1.82) is 0 Å². The molecule has 0 aliphatic carbocycles. The number of benzene rings is 1. The van der Waals surface area contributed by atoms with E-state index in [1.165, 1.54) is 0 Å². The van der Waals surface area contributed by atoms with Gasteiger partial charge in [0.15, 0.2) is 0 Å². The molecule has 1 aromatic carbocycles. The highest BCUT2D eigenvalue weighted by molar-refractivity contribution is 7.80. The summed E-state index contributed by atoms with van der Waals surface area (Å²) < 4.78 is 5.88. The molecule has 0 aliphatic heterocycles. The van der Waals surface area contributed by atoms with Crippen molar-refractivity contribution in [3.05, 3.63) is 28.8 Å². The number of ether oxygens (including phenoxy) is 1. The highest BCUT2D eigenvalue weighted by atomic mass is 32.1. The van der Waals surface area contributed by atoms with Crippen LogP contribution in [0.1, 0.15) is 37.0 Å². The van der Waals surface area contributed by atoms with Crippen LogP contribution < -0.4 is 10.5 Å². The molecule has 1 rings (SSSR count). The number of hydrogen-bond acceptors (Lipinski definition) is 2. The summed E-state index contributed by atoms with van der Waals surface area (Å²) in [7, 11) is 0. The quantitative estimate of drug-likeness (QED) is 0.817. The van der Waals surface area contributed by atoms with Crippen molar-refractivity contribution in [3.8, 4) is 5.75 Å². The highest BCUT2D eigenvalue weighted by Gasteiger charge is 2.10. The average Bonchev–Trinajstić information content (AvgIpc) is 2.22. The summed E-state index contributed by atoms with van der Waals surface area (Å²) in [6.07, 6.45) is 1.23. The summed E-state index contributed by atoms with van der Waals surface area (Å²) in [5.74, 6) is 0.953. The van der Waals surface area contributed by atoms with Gasteiger partial charge in [-0.15, -0.1) is 0 Å². The molecule has 0 spiro atoms. The molecule has 1 aromatic rings. The Kier molecular flexibility index (Phi) is 4.30. The van der Waals surface area contributed by atoms with E-state index in [1.54, 1.807) is 0 Å². The molecule has 16 heavy (non-hydrogen) atoms. The number of hydrogen-bond donors (Lipinski definition) is 1. The van der Waals surface area contributed by atoms with Crippen LogP contribution in [0.2, 0.25) is 0 Å². The Bertz CT molecular complexity index is 378. The Morgan fingerprint density at radius 2 is 1.88 bits per heavy atom. The van der Waals surface area contributed by atoms with Gasteiger partial charge in [-0.05, 0) is 50.5 Å². The van der Waals surface area contributed by atoms with Crippen LogP contribution in [0.4, 0.5) is 0 Å². The van der Waals surface area contributed by atoms with Crippen LogP contribution in [0.25, 0.3) is 0 Å². The Morgan fingerprint density at radius 3 is 2.25 bits per heavy atom. The Balaban J connectivity index is 3.07. The molecule has 2 N–H and O–H groups in total. The lowest BCUT2D eigenvalue weighted by atomic mass is 10.1. The lowest BCUT2D eigenvalue weighted by Gasteiger charge is -2.18. The number of nitrogens with two attached hydrogens (primary N) is 1. The largest absolute Gasteiger partial charge is 0.490 e. The zero-order chi connectivity index (χ0) is 12.3. The molecule has 0 aliphatic rings. The zero-order valence-electron chi connectivity index (χ0n) is 10.3. The van der Waals surface area contributed by atoms with E-state index in [0.29, 0.717) is 4.99 Å². The normalized spacial score (nSPS) is 12.2. The zero-order valence-corrected chi connectivity index (χ0v) is 11.1. The predicted molar refractivity (Wildman–Crippen MR) is 72.2 cm³/mol. The van der Waals surface area contributed by atoms with E-state index in [1.807, 2.05) is 26.0 Å². The van der Waals surface area contributed by atoms with E-state index in [4.69, 9.17) is 22.7 Å². The van der Waals surface area contributed by atoms with Gasteiger partial charge in [-0.1, -0.05) is 19.1 Å². The van der Waals surface area contributed by atoms with Crippen LogP contribution in [0.15, 0.2) is 12.1 Å². The smallest absolute Gasteiger partial charge is 0.125 e. The van der Waals surface area contributed by atoms with Gasteiger partial charge in [0, 0.05) is 5.56 Å². The summed E-state index contributed by atoms with van der Waals surface area (Å²) in [4.78, 5) is 0.432. The molecule has 3 heteroatoms. The molecule has 0 saturated carbocycles. The van der Waals surface area contributed by atoms with Crippen molar-refractivity contribution in [2.24, 2.45) is 5.73 Å². The fraction of sp³-hybridized carbons (Fsp3) is 0.462. The molecule has 0 fully saturated rings. The molecule has 0 saturated heterocycles. The molecule has 0 amide bonds.